The summed E-state index contributed by atoms with van der Waals surface area (Å²) in [6.45, 7) is 4.03. The highest BCUT2D eigenvalue weighted by molar-refractivity contribution is 5.78. The van der Waals surface area contributed by atoms with Crippen LogP contribution < -0.4 is 5.32 Å². The van der Waals surface area contributed by atoms with E-state index in [0.717, 1.165) is 17.0 Å². The molecule has 2 aromatic rings. The highest BCUT2D eigenvalue weighted by Crippen LogP contribution is 2.09. The van der Waals surface area contributed by atoms with Crippen LogP contribution in [0.2, 0.25) is 0 Å². The lowest BCUT2D eigenvalue weighted by Gasteiger charge is -2.02. The largest absolute Gasteiger partial charge is 0.348 e. The van der Waals surface area contributed by atoms with Gasteiger partial charge in [0.05, 0.1) is 18.7 Å². The number of tetrazole rings is 1. The van der Waals surface area contributed by atoms with Crippen molar-refractivity contribution >= 4 is 5.91 Å². The summed E-state index contributed by atoms with van der Waals surface area (Å²) in [7, 11) is 0. The van der Waals surface area contributed by atoms with Crippen molar-refractivity contribution in [1.29, 1.82) is 0 Å². The Morgan fingerprint density at radius 2 is 2.18 bits per heavy atom. The van der Waals surface area contributed by atoms with Gasteiger partial charge in [-0.15, -0.1) is 10.2 Å². The molecule has 0 aromatic carbocycles. The third-order valence-corrected chi connectivity index (χ3v) is 2.45. The summed E-state index contributed by atoms with van der Waals surface area (Å²) in [6.07, 6.45) is 0.298. The Morgan fingerprint density at radius 3 is 2.76 bits per heavy atom. The van der Waals surface area contributed by atoms with E-state index in [-0.39, 0.29) is 12.5 Å². The van der Waals surface area contributed by atoms with Crippen molar-refractivity contribution in [2.75, 3.05) is 0 Å². The fraction of sp³-hybridized carbons (Fsp3) is 0.444. The molecule has 0 bridgehead atoms. The zero-order chi connectivity index (χ0) is 12.3. The number of hydrogen-bond acceptors (Lipinski definition) is 5. The fourth-order valence-corrected chi connectivity index (χ4v) is 1.49. The number of carbonyl (C=O) groups is 1. The minimum Gasteiger partial charge on any atom is -0.348 e. The van der Waals surface area contributed by atoms with Gasteiger partial charge in [-0.25, -0.2) is 0 Å². The first-order chi connectivity index (χ1) is 8.16. The maximum atomic E-state index is 11.7. The third-order valence-electron chi connectivity index (χ3n) is 2.45. The molecule has 0 aliphatic carbocycles. The van der Waals surface area contributed by atoms with E-state index in [9.17, 15) is 4.79 Å². The molecule has 8 heteroatoms. The molecular formula is C9H13N7O. The van der Waals surface area contributed by atoms with Crippen molar-refractivity contribution in [2.24, 2.45) is 0 Å². The molecule has 2 rings (SSSR count). The lowest BCUT2D eigenvalue weighted by molar-refractivity contribution is -0.120. The van der Waals surface area contributed by atoms with Crippen LogP contribution in [0, 0.1) is 13.8 Å². The molecule has 2 heterocycles. The summed E-state index contributed by atoms with van der Waals surface area (Å²) in [5.41, 5.74) is 2.69. The van der Waals surface area contributed by atoms with Crippen LogP contribution in [0.4, 0.5) is 0 Å². The Bertz CT molecular complexity index is 482. The zero-order valence-electron chi connectivity index (χ0n) is 9.61. The normalized spacial score (nSPS) is 10.5. The molecular weight excluding hydrogens is 222 g/mol. The molecule has 1 amide bonds. The van der Waals surface area contributed by atoms with Gasteiger partial charge in [-0.2, -0.15) is 10.3 Å². The van der Waals surface area contributed by atoms with Crippen LogP contribution in [0.5, 0.6) is 0 Å². The first-order valence-corrected chi connectivity index (χ1v) is 5.16. The van der Waals surface area contributed by atoms with Gasteiger partial charge in [0, 0.05) is 11.3 Å². The average Bonchev–Trinajstić information content (AvgIpc) is 2.91. The van der Waals surface area contributed by atoms with Gasteiger partial charge in [0.1, 0.15) is 0 Å². The molecule has 0 aliphatic rings. The van der Waals surface area contributed by atoms with Gasteiger partial charge in [0.25, 0.3) is 0 Å². The number of H-pyrrole nitrogens is 2. The van der Waals surface area contributed by atoms with Gasteiger partial charge in [-0.05, 0) is 13.8 Å². The van der Waals surface area contributed by atoms with E-state index in [1.54, 1.807) is 0 Å². The SMILES string of the molecule is Cc1n[nH]c(C)c1CC(=O)NCc1nn[nH]n1. The van der Waals surface area contributed by atoms with Gasteiger partial charge in [0.2, 0.25) is 5.91 Å². The monoisotopic (exact) mass is 235 g/mol. The molecule has 0 fully saturated rings. The Kier molecular flexibility index (Phi) is 3.12. The molecule has 0 radical (unpaired) electrons. The van der Waals surface area contributed by atoms with Crippen molar-refractivity contribution in [1.82, 2.24) is 36.1 Å². The number of amides is 1. The molecule has 0 aliphatic heterocycles. The Balaban J connectivity index is 1.89. The van der Waals surface area contributed by atoms with Gasteiger partial charge < -0.3 is 5.32 Å². The van der Waals surface area contributed by atoms with E-state index in [2.05, 4.69) is 36.1 Å². The molecule has 90 valence electrons. The predicted octanol–water partition coefficient (Wildman–Crippen LogP) is -0.601. The molecule has 17 heavy (non-hydrogen) atoms. The number of aromatic amines is 2. The molecule has 3 N–H and O–H groups in total. The van der Waals surface area contributed by atoms with Crippen molar-refractivity contribution in [3.63, 3.8) is 0 Å². The van der Waals surface area contributed by atoms with Crippen LogP contribution in [0.1, 0.15) is 22.8 Å². The number of carbonyl (C=O) groups excluding carboxylic acids is 1. The first-order valence-electron chi connectivity index (χ1n) is 5.16. The molecule has 0 spiro atoms. The quantitative estimate of drug-likeness (QED) is 0.655. The Labute approximate surface area is 97.2 Å². The topological polar surface area (TPSA) is 112 Å². The van der Waals surface area contributed by atoms with Crippen LogP contribution in [0.25, 0.3) is 0 Å². The van der Waals surface area contributed by atoms with Gasteiger partial charge in [-0.1, -0.05) is 5.21 Å². The van der Waals surface area contributed by atoms with Gasteiger partial charge in [0.15, 0.2) is 5.82 Å². The minimum absolute atomic E-state index is 0.0950. The highest BCUT2D eigenvalue weighted by atomic mass is 16.1. The van der Waals surface area contributed by atoms with E-state index in [1.807, 2.05) is 13.8 Å². The molecule has 0 unspecified atom stereocenters. The van der Waals surface area contributed by atoms with E-state index in [0.29, 0.717) is 12.2 Å². The van der Waals surface area contributed by atoms with E-state index >= 15 is 0 Å². The summed E-state index contributed by atoms with van der Waals surface area (Å²) in [4.78, 5) is 11.7. The summed E-state index contributed by atoms with van der Waals surface area (Å²) < 4.78 is 0. The maximum Gasteiger partial charge on any atom is 0.224 e. The van der Waals surface area contributed by atoms with Crippen molar-refractivity contribution in [3.8, 4) is 0 Å². The smallest absolute Gasteiger partial charge is 0.224 e. The maximum absolute atomic E-state index is 11.7. The third kappa shape index (κ3) is 2.65. The molecule has 8 nitrogen and oxygen atoms in total. The second kappa shape index (κ2) is 4.73. The number of aromatic nitrogens is 6. The van der Waals surface area contributed by atoms with Crippen molar-refractivity contribution in [3.05, 3.63) is 22.8 Å². The summed E-state index contributed by atoms with van der Waals surface area (Å²) in [5.74, 6) is 0.362. The standard InChI is InChI=1S/C9H13N7O/c1-5-7(6(2)12-11-5)3-9(17)10-4-8-13-15-16-14-8/h3-4H2,1-2H3,(H,10,17)(H,11,12)(H,13,14,15,16). The number of nitrogens with zero attached hydrogens (tertiary/aromatic N) is 4. The average molecular weight is 235 g/mol. The summed E-state index contributed by atoms with van der Waals surface area (Å²) in [6, 6.07) is 0. The van der Waals surface area contributed by atoms with E-state index in [1.165, 1.54) is 0 Å². The van der Waals surface area contributed by atoms with E-state index < -0.39 is 0 Å². The zero-order valence-corrected chi connectivity index (χ0v) is 9.61. The van der Waals surface area contributed by atoms with E-state index in [4.69, 9.17) is 0 Å². The van der Waals surface area contributed by atoms with Crippen molar-refractivity contribution in [2.45, 2.75) is 26.8 Å². The lowest BCUT2D eigenvalue weighted by atomic mass is 10.1. The lowest BCUT2D eigenvalue weighted by Crippen LogP contribution is -2.25. The van der Waals surface area contributed by atoms with Crippen LogP contribution in [-0.4, -0.2) is 36.7 Å². The number of hydrogen-bond donors (Lipinski definition) is 3. The van der Waals surface area contributed by atoms with Crippen LogP contribution in [-0.2, 0) is 17.8 Å². The molecule has 0 atom stereocenters. The second-order valence-corrected chi connectivity index (χ2v) is 3.69. The van der Waals surface area contributed by atoms with Gasteiger partial charge in [-0.3, -0.25) is 9.89 Å². The first kappa shape index (κ1) is 11.2. The van der Waals surface area contributed by atoms with Crippen LogP contribution in [0.3, 0.4) is 0 Å². The fourth-order valence-electron chi connectivity index (χ4n) is 1.49. The van der Waals surface area contributed by atoms with Gasteiger partial charge >= 0.3 is 0 Å². The summed E-state index contributed by atoms with van der Waals surface area (Å²) in [5, 5.41) is 22.8. The molecule has 0 saturated heterocycles. The van der Waals surface area contributed by atoms with Crippen LogP contribution >= 0.6 is 0 Å². The number of rotatable bonds is 4. The molecule has 2 aromatic heterocycles. The Hall–Kier alpha value is -2.25. The second-order valence-electron chi connectivity index (χ2n) is 3.69. The summed E-state index contributed by atoms with van der Waals surface area (Å²) >= 11 is 0. The minimum atomic E-state index is -0.0950. The predicted molar refractivity (Wildman–Crippen MR) is 57.8 cm³/mol. The molecule has 0 saturated carbocycles. The van der Waals surface area contributed by atoms with Crippen molar-refractivity contribution < 1.29 is 4.79 Å². The Morgan fingerprint density at radius 1 is 1.35 bits per heavy atom. The number of nitrogens with one attached hydrogen (secondary N) is 3. The number of aryl methyl sites for hydroxylation is 2. The van der Waals surface area contributed by atoms with Crippen LogP contribution in [0.15, 0.2) is 0 Å². The highest BCUT2D eigenvalue weighted by Gasteiger charge is 2.11.